The van der Waals surface area contributed by atoms with Crippen molar-refractivity contribution in [2.24, 2.45) is 0 Å². The summed E-state index contributed by atoms with van der Waals surface area (Å²) in [6.45, 7) is 0.692. The van der Waals surface area contributed by atoms with Gasteiger partial charge in [0.1, 0.15) is 17.3 Å². The number of carboxylic acid groups (broad SMARTS) is 2. The number of carboxylic acids is 2. The number of hydrogen-bond acceptors (Lipinski definition) is 7. The first-order valence-electron chi connectivity index (χ1n) is 13.7. The van der Waals surface area contributed by atoms with Crippen LogP contribution >= 0.6 is 0 Å². The molecular formula is C29H25F9N6O6. The molecule has 4 aromatic rings. The Labute approximate surface area is 275 Å². The van der Waals surface area contributed by atoms with E-state index in [2.05, 4.69) is 15.4 Å². The van der Waals surface area contributed by atoms with Crippen LogP contribution in [0, 0.1) is 0 Å². The molecule has 0 unspecified atom stereocenters. The second-order valence-electron chi connectivity index (χ2n) is 9.86. The number of carbonyl (C=O) groups excluding carboxylic acids is 1. The lowest BCUT2D eigenvalue weighted by atomic mass is 10.0. The average molecular weight is 725 g/mol. The van der Waals surface area contributed by atoms with Gasteiger partial charge in [-0.05, 0) is 62.0 Å². The molecule has 2 aromatic heterocycles. The summed E-state index contributed by atoms with van der Waals surface area (Å²) in [5.74, 6) is -4.69. The van der Waals surface area contributed by atoms with Crippen molar-refractivity contribution in [3.63, 3.8) is 0 Å². The van der Waals surface area contributed by atoms with E-state index in [1.807, 2.05) is 29.9 Å². The molecule has 1 amide bonds. The van der Waals surface area contributed by atoms with Gasteiger partial charge in [-0.2, -0.15) is 44.6 Å². The molecule has 0 bridgehead atoms. The number of alkyl halides is 9. The number of fused-ring (bicyclic) bond motifs is 1. The number of benzene rings is 2. The third kappa shape index (κ3) is 9.30. The van der Waals surface area contributed by atoms with E-state index in [4.69, 9.17) is 24.5 Å². The fourth-order valence-corrected chi connectivity index (χ4v) is 4.40. The molecule has 2 aromatic carbocycles. The van der Waals surface area contributed by atoms with Crippen LogP contribution in [-0.2, 0) is 28.7 Å². The standard InChI is InChI=1S/C25H23F3N6O2.2C2HF3O2/c1-29-15-21-30-12-14-32(21)16-3-5-17(6-4-16)33-13-11-20-22(24(33)35)34(31-23(20)25(26,27)28)18-7-9-19(36-2)10-8-18;2*3-2(4,5)1(6)7/h3-10,12,14,29H,11,13,15H2,1-2H3;2*(H,6,7). The lowest BCUT2D eigenvalue weighted by molar-refractivity contribution is -0.193. The molecule has 0 saturated carbocycles. The van der Waals surface area contributed by atoms with Crippen LogP contribution in [0.4, 0.5) is 45.2 Å². The first kappa shape index (κ1) is 38.8. The molecule has 3 N–H and O–H groups in total. The van der Waals surface area contributed by atoms with Gasteiger partial charge >= 0.3 is 30.5 Å². The molecule has 0 radical (unpaired) electrons. The van der Waals surface area contributed by atoms with Crippen molar-refractivity contribution in [3.8, 4) is 17.1 Å². The molecule has 5 rings (SSSR count). The second kappa shape index (κ2) is 15.3. The number of methoxy groups -OCH3 is 1. The molecule has 1 aliphatic rings. The number of amides is 1. The number of imidazole rings is 1. The van der Waals surface area contributed by atoms with Gasteiger partial charge in [-0.15, -0.1) is 0 Å². The maximum atomic E-state index is 13.8. The van der Waals surface area contributed by atoms with Crippen LogP contribution < -0.4 is 15.0 Å². The number of halogens is 9. The van der Waals surface area contributed by atoms with Crippen molar-refractivity contribution in [1.29, 1.82) is 0 Å². The number of nitrogens with zero attached hydrogens (tertiary/aromatic N) is 5. The maximum absolute atomic E-state index is 13.8. The number of rotatable bonds is 6. The minimum atomic E-state index is -5.08. The molecule has 0 fully saturated rings. The third-order valence-electron chi connectivity index (χ3n) is 6.58. The Morgan fingerprint density at radius 2 is 1.36 bits per heavy atom. The zero-order valence-corrected chi connectivity index (χ0v) is 25.6. The van der Waals surface area contributed by atoms with E-state index in [-0.39, 0.29) is 24.2 Å². The van der Waals surface area contributed by atoms with Gasteiger partial charge in [-0.1, -0.05) is 0 Å². The Balaban J connectivity index is 0.000000408. The number of aromatic nitrogens is 4. The SMILES string of the molecule is CNCc1nccn1-c1ccc(N2CCc3c(C(F)(F)F)nn(-c4ccc(OC)cc4)c3C2=O)cc1.O=C(O)C(F)(F)F.O=C(O)C(F)(F)F. The van der Waals surface area contributed by atoms with Gasteiger partial charge in [0.2, 0.25) is 0 Å². The minimum absolute atomic E-state index is 0.0294. The quantitative estimate of drug-likeness (QED) is 0.226. The maximum Gasteiger partial charge on any atom is 0.490 e. The number of nitrogens with one attached hydrogen (secondary N) is 1. The second-order valence-corrected chi connectivity index (χ2v) is 9.86. The number of hydrogen-bond donors (Lipinski definition) is 3. The van der Waals surface area contributed by atoms with Crippen molar-refractivity contribution < 1.29 is 68.8 Å². The van der Waals surface area contributed by atoms with Crippen LogP contribution in [0.2, 0.25) is 0 Å². The molecule has 1 aliphatic heterocycles. The van der Waals surface area contributed by atoms with E-state index in [0.717, 1.165) is 16.2 Å². The topological polar surface area (TPSA) is 152 Å². The predicted molar refractivity (Wildman–Crippen MR) is 154 cm³/mol. The molecule has 270 valence electrons. The Kier molecular flexibility index (Phi) is 11.9. The largest absolute Gasteiger partial charge is 0.497 e. The third-order valence-corrected chi connectivity index (χ3v) is 6.58. The summed E-state index contributed by atoms with van der Waals surface area (Å²) >= 11 is 0. The van der Waals surface area contributed by atoms with Gasteiger partial charge in [0.05, 0.1) is 19.3 Å². The monoisotopic (exact) mass is 724 g/mol. The Morgan fingerprint density at radius 3 is 1.82 bits per heavy atom. The highest BCUT2D eigenvalue weighted by atomic mass is 19.4. The fraction of sp³-hybridized carbons (Fsp3) is 0.276. The van der Waals surface area contributed by atoms with Gasteiger partial charge in [0, 0.05) is 35.9 Å². The van der Waals surface area contributed by atoms with Crippen LogP contribution in [0.5, 0.6) is 5.75 Å². The van der Waals surface area contributed by atoms with Crippen LogP contribution in [0.3, 0.4) is 0 Å². The summed E-state index contributed by atoms with van der Waals surface area (Å²) in [5.41, 5.74) is 0.564. The van der Waals surface area contributed by atoms with Gasteiger partial charge in [-0.25, -0.2) is 19.3 Å². The lowest BCUT2D eigenvalue weighted by Crippen LogP contribution is -2.39. The summed E-state index contributed by atoms with van der Waals surface area (Å²) < 4.78 is 113. The number of anilines is 1. The Bertz CT molecular complexity index is 1770. The normalized spacial score (nSPS) is 13.0. The van der Waals surface area contributed by atoms with E-state index in [1.54, 1.807) is 42.6 Å². The van der Waals surface area contributed by atoms with Gasteiger partial charge in [0.25, 0.3) is 5.91 Å². The van der Waals surface area contributed by atoms with Crippen LogP contribution in [-0.4, -0.2) is 80.4 Å². The molecular weight excluding hydrogens is 699 g/mol. The highest BCUT2D eigenvalue weighted by Gasteiger charge is 2.43. The average Bonchev–Trinajstić information content (AvgIpc) is 3.67. The predicted octanol–water partition coefficient (Wildman–Crippen LogP) is 5.27. The van der Waals surface area contributed by atoms with E-state index >= 15 is 0 Å². The Morgan fingerprint density at radius 1 is 0.860 bits per heavy atom. The van der Waals surface area contributed by atoms with Crippen LogP contribution in [0.25, 0.3) is 11.4 Å². The highest BCUT2D eigenvalue weighted by molar-refractivity contribution is 6.07. The fourth-order valence-electron chi connectivity index (χ4n) is 4.40. The van der Waals surface area contributed by atoms with Gasteiger partial charge in [0.15, 0.2) is 5.69 Å². The van der Waals surface area contributed by atoms with E-state index in [0.29, 0.717) is 23.7 Å². The summed E-state index contributed by atoms with van der Waals surface area (Å²) in [4.78, 5) is 37.2. The van der Waals surface area contributed by atoms with Crippen molar-refractivity contribution in [1.82, 2.24) is 24.6 Å². The van der Waals surface area contributed by atoms with Gasteiger partial charge in [-0.3, -0.25) is 4.79 Å². The van der Waals surface area contributed by atoms with E-state index < -0.39 is 42.1 Å². The smallest absolute Gasteiger partial charge is 0.490 e. The summed E-state index contributed by atoms with van der Waals surface area (Å²) in [6.07, 6.45) is -11.3. The summed E-state index contributed by atoms with van der Waals surface area (Å²) in [5, 5.41) is 21.1. The molecule has 0 atom stereocenters. The molecule has 0 spiro atoms. The molecule has 0 aliphatic carbocycles. The number of aliphatic carboxylic acids is 2. The van der Waals surface area contributed by atoms with Crippen molar-refractivity contribution in [2.75, 3.05) is 25.6 Å². The van der Waals surface area contributed by atoms with Crippen molar-refractivity contribution in [2.45, 2.75) is 31.5 Å². The molecule has 3 heterocycles. The Hall–Kier alpha value is -5.60. The van der Waals surface area contributed by atoms with Gasteiger partial charge < -0.3 is 29.7 Å². The molecule has 0 saturated heterocycles. The zero-order valence-electron chi connectivity index (χ0n) is 25.6. The number of carbonyl (C=O) groups is 3. The summed E-state index contributed by atoms with van der Waals surface area (Å²) in [7, 11) is 3.33. The molecule has 21 heteroatoms. The minimum Gasteiger partial charge on any atom is -0.497 e. The first-order valence-corrected chi connectivity index (χ1v) is 13.7. The van der Waals surface area contributed by atoms with Crippen molar-refractivity contribution in [3.05, 3.63) is 83.7 Å². The summed E-state index contributed by atoms with van der Waals surface area (Å²) in [6, 6.07) is 13.6. The number of ether oxygens (including phenoxy) is 1. The zero-order chi connectivity index (χ0) is 37.6. The van der Waals surface area contributed by atoms with Crippen molar-refractivity contribution >= 4 is 23.5 Å². The highest BCUT2D eigenvalue weighted by Crippen LogP contribution is 2.37. The van der Waals surface area contributed by atoms with Crippen LogP contribution in [0.1, 0.15) is 27.6 Å². The molecule has 50 heavy (non-hydrogen) atoms. The lowest BCUT2D eigenvalue weighted by Gasteiger charge is -2.28. The molecule has 12 nitrogen and oxygen atoms in total. The van der Waals surface area contributed by atoms with E-state index in [9.17, 15) is 44.3 Å². The van der Waals surface area contributed by atoms with Crippen LogP contribution in [0.15, 0.2) is 60.9 Å². The van der Waals surface area contributed by atoms with E-state index in [1.165, 1.54) is 12.0 Å². The first-order chi connectivity index (χ1) is 23.2.